The highest BCUT2D eigenvalue weighted by Crippen LogP contribution is 2.10. The maximum Gasteiger partial charge on any atom is 0.315 e. The Morgan fingerprint density at radius 2 is 1.33 bits per heavy atom. The van der Waals surface area contributed by atoms with E-state index >= 15 is 0 Å². The quantitative estimate of drug-likeness (QED) is 0.680. The fraction of sp³-hybridized carbons (Fsp3) is 0.857. The van der Waals surface area contributed by atoms with Crippen LogP contribution in [-0.2, 0) is 9.59 Å². The van der Waals surface area contributed by atoms with Crippen LogP contribution in [0.2, 0.25) is 0 Å². The number of amides is 1. The van der Waals surface area contributed by atoms with Crippen molar-refractivity contribution >= 4 is 11.9 Å². The van der Waals surface area contributed by atoms with E-state index in [1.54, 1.807) is 4.90 Å². The molecule has 0 saturated carbocycles. The highest BCUT2D eigenvalue weighted by Gasteiger charge is 2.25. The Hall–Kier alpha value is -1.06. The summed E-state index contributed by atoms with van der Waals surface area (Å²) in [6.45, 7) is 11.2. The van der Waals surface area contributed by atoms with E-state index in [-0.39, 0.29) is 5.91 Å². The summed E-state index contributed by atoms with van der Waals surface area (Å²) in [7, 11) is 0. The first-order valence-corrected chi connectivity index (χ1v) is 6.77. The molecule has 0 aliphatic heterocycles. The maximum atomic E-state index is 12.1. The van der Waals surface area contributed by atoms with Crippen molar-refractivity contribution in [3.63, 3.8) is 0 Å². The van der Waals surface area contributed by atoms with Gasteiger partial charge in [0, 0.05) is 13.1 Å². The first kappa shape index (κ1) is 16.9. The molecule has 4 heteroatoms. The summed E-state index contributed by atoms with van der Waals surface area (Å²) in [6.07, 6.45) is 1.83. The van der Waals surface area contributed by atoms with Crippen molar-refractivity contribution in [1.82, 2.24) is 4.90 Å². The highest BCUT2D eigenvalue weighted by molar-refractivity contribution is 5.96. The second-order valence-corrected chi connectivity index (χ2v) is 5.75. The van der Waals surface area contributed by atoms with Gasteiger partial charge in [0.25, 0.3) is 0 Å². The van der Waals surface area contributed by atoms with Gasteiger partial charge in [-0.1, -0.05) is 27.7 Å². The molecule has 0 rings (SSSR count). The molecule has 18 heavy (non-hydrogen) atoms. The molecule has 0 spiro atoms. The van der Waals surface area contributed by atoms with Gasteiger partial charge in [0.15, 0.2) is 0 Å². The van der Waals surface area contributed by atoms with Crippen molar-refractivity contribution in [2.75, 3.05) is 13.1 Å². The van der Waals surface area contributed by atoms with Gasteiger partial charge in [-0.25, -0.2) is 0 Å². The minimum Gasteiger partial charge on any atom is -0.481 e. The third-order valence-corrected chi connectivity index (χ3v) is 3.01. The predicted octanol–water partition coefficient (Wildman–Crippen LogP) is 2.63. The van der Waals surface area contributed by atoms with Crippen LogP contribution in [0, 0.1) is 17.8 Å². The molecule has 106 valence electrons. The summed E-state index contributed by atoms with van der Waals surface area (Å²) in [6, 6.07) is 0. The van der Waals surface area contributed by atoms with Gasteiger partial charge in [0.2, 0.25) is 5.91 Å². The molecule has 0 aliphatic rings. The molecule has 1 amide bonds. The standard InChI is InChI=1S/C14H27NO3/c1-10(2)6-8-15(9-7-11(3)4)13(16)12(5)14(17)18/h10-12H,6-9H2,1-5H3,(H,17,18). The van der Waals surface area contributed by atoms with Crippen molar-refractivity contribution in [3.8, 4) is 0 Å². The number of carboxylic acid groups (broad SMARTS) is 1. The van der Waals surface area contributed by atoms with E-state index in [1.165, 1.54) is 6.92 Å². The van der Waals surface area contributed by atoms with Crippen LogP contribution in [0.15, 0.2) is 0 Å². The predicted molar refractivity (Wildman–Crippen MR) is 72.3 cm³/mol. The van der Waals surface area contributed by atoms with Crippen LogP contribution in [0.1, 0.15) is 47.5 Å². The van der Waals surface area contributed by atoms with E-state index in [9.17, 15) is 9.59 Å². The van der Waals surface area contributed by atoms with Crippen LogP contribution in [-0.4, -0.2) is 35.0 Å². The molecule has 0 aromatic heterocycles. The summed E-state index contributed by atoms with van der Waals surface area (Å²) >= 11 is 0. The normalized spacial score (nSPS) is 12.8. The fourth-order valence-corrected chi connectivity index (χ4v) is 1.54. The molecule has 0 radical (unpaired) electrons. The first-order valence-electron chi connectivity index (χ1n) is 6.77. The third-order valence-electron chi connectivity index (χ3n) is 3.01. The number of hydrogen-bond donors (Lipinski definition) is 1. The Kier molecular flexibility index (Phi) is 7.64. The molecule has 0 heterocycles. The molecular weight excluding hydrogens is 230 g/mol. The van der Waals surface area contributed by atoms with Gasteiger partial charge in [-0.2, -0.15) is 0 Å². The van der Waals surface area contributed by atoms with Crippen LogP contribution in [0.3, 0.4) is 0 Å². The summed E-state index contributed by atoms with van der Waals surface area (Å²) < 4.78 is 0. The average molecular weight is 257 g/mol. The van der Waals surface area contributed by atoms with Crippen LogP contribution < -0.4 is 0 Å². The van der Waals surface area contributed by atoms with Crippen molar-refractivity contribution in [2.24, 2.45) is 17.8 Å². The molecule has 4 nitrogen and oxygen atoms in total. The summed E-state index contributed by atoms with van der Waals surface area (Å²) in [4.78, 5) is 24.6. The largest absolute Gasteiger partial charge is 0.481 e. The molecule has 0 fully saturated rings. The van der Waals surface area contributed by atoms with Crippen molar-refractivity contribution in [2.45, 2.75) is 47.5 Å². The van der Waals surface area contributed by atoms with Gasteiger partial charge in [-0.3, -0.25) is 9.59 Å². The second kappa shape index (κ2) is 8.11. The van der Waals surface area contributed by atoms with E-state index in [0.717, 1.165) is 12.8 Å². The monoisotopic (exact) mass is 257 g/mol. The summed E-state index contributed by atoms with van der Waals surface area (Å²) in [5.41, 5.74) is 0. The van der Waals surface area contributed by atoms with Crippen molar-refractivity contribution < 1.29 is 14.7 Å². The Morgan fingerprint density at radius 3 is 1.61 bits per heavy atom. The molecule has 1 N–H and O–H groups in total. The van der Waals surface area contributed by atoms with Crippen LogP contribution in [0.5, 0.6) is 0 Å². The second-order valence-electron chi connectivity index (χ2n) is 5.75. The van der Waals surface area contributed by atoms with Crippen molar-refractivity contribution in [1.29, 1.82) is 0 Å². The third kappa shape index (κ3) is 6.62. The van der Waals surface area contributed by atoms with E-state index in [4.69, 9.17) is 5.11 Å². The van der Waals surface area contributed by atoms with E-state index in [0.29, 0.717) is 24.9 Å². The lowest BCUT2D eigenvalue weighted by atomic mass is 10.1. The van der Waals surface area contributed by atoms with Crippen LogP contribution >= 0.6 is 0 Å². The topological polar surface area (TPSA) is 57.6 Å². The Morgan fingerprint density at radius 1 is 0.944 bits per heavy atom. The van der Waals surface area contributed by atoms with E-state index < -0.39 is 11.9 Å². The van der Waals surface area contributed by atoms with Crippen LogP contribution in [0.25, 0.3) is 0 Å². The molecule has 0 aliphatic carbocycles. The van der Waals surface area contributed by atoms with E-state index in [1.807, 2.05) is 0 Å². The highest BCUT2D eigenvalue weighted by atomic mass is 16.4. The van der Waals surface area contributed by atoms with Gasteiger partial charge < -0.3 is 10.0 Å². The summed E-state index contributed by atoms with van der Waals surface area (Å²) in [5.74, 6) is -1.22. The molecule has 1 atom stereocenters. The summed E-state index contributed by atoms with van der Waals surface area (Å²) in [5, 5.41) is 8.91. The SMILES string of the molecule is CC(C)CCN(CCC(C)C)C(=O)C(C)C(=O)O. The van der Waals surface area contributed by atoms with Gasteiger partial charge in [0.1, 0.15) is 5.92 Å². The maximum absolute atomic E-state index is 12.1. The average Bonchev–Trinajstić information content (AvgIpc) is 2.26. The van der Waals surface area contributed by atoms with Gasteiger partial charge >= 0.3 is 5.97 Å². The van der Waals surface area contributed by atoms with E-state index in [2.05, 4.69) is 27.7 Å². The zero-order chi connectivity index (χ0) is 14.3. The molecular formula is C14H27NO3. The lowest BCUT2D eigenvalue weighted by Gasteiger charge is -2.26. The van der Waals surface area contributed by atoms with Gasteiger partial charge in [-0.05, 0) is 31.6 Å². The molecule has 1 unspecified atom stereocenters. The molecule has 0 aromatic rings. The number of carbonyl (C=O) groups is 2. The number of rotatable bonds is 8. The zero-order valence-corrected chi connectivity index (χ0v) is 12.3. The minimum absolute atomic E-state index is 0.260. The lowest BCUT2D eigenvalue weighted by molar-refractivity contribution is -0.150. The molecule has 0 aromatic carbocycles. The minimum atomic E-state index is -1.04. The van der Waals surface area contributed by atoms with Crippen LogP contribution in [0.4, 0.5) is 0 Å². The molecule has 0 bridgehead atoms. The number of aliphatic carboxylic acids is 1. The Labute approximate surface area is 110 Å². The lowest BCUT2D eigenvalue weighted by Crippen LogP contribution is -2.40. The van der Waals surface area contributed by atoms with Gasteiger partial charge in [-0.15, -0.1) is 0 Å². The van der Waals surface area contributed by atoms with Crippen molar-refractivity contribution in [3.05, 3.63) is 0 Å². The number of nitrogens with zero attached hydrogens (tertiary/aromatic N) is 1. The van der Waals surface area contributed by atoms with Gasteiger partial charge in [0.05, 0.1) is 0 Å². The first-order chi connectivity index (χ1) is 8.25. The number of carbonyl (C=O) groups excluding carboxylic acids is 1. The number of hydrogen-bond acceptors (Lipinski definition) is 2. The smallest absolute Gasteiger partial charge is 0.315 e. The zero-order valence-electron chi connectivity index (χ0n) is 12.3. The Balaban J connectivity index is 4.52. The molecule has 0 saturated heterocycles. The number of carboxylic acids is 1. The Bertz CT molecular complexity index is 262. The fourth-order valence-electron chi connectivity index (χ4n) is 1.54.